The monoisotopic (exact) mass is 319 g/mol. The van der Waals surface area contributed by atoms with Crippen LogP contribution in [-0.4, -0.2) is 49.6 Å². The summed E-state index contributed by atoms with van der Waals surface area (Å²) in [5.41, 5.74) is 0. The maximum Gasteiger partial charge on any atom is 0.345 e. The van der Waals surface area contributed by atoms with Crippen molar-refractivity contribution >= 4 is 27.3 Å². The van der Waals surface area contributed by atoms with E-state index in [1.807, 2.05) is 0 Å². The molecular weight excluding hydrogens is 302 g/mol. The van der Waals surface area contributed by atoms with Crippen LogP contribution in [0.1, 0.15) is 29.4 Å². The third kappa shape index (κ3) is 3.20. The van der Waals surface area contributed by atoms with Gasteiger partial charge in [-0.15, -0.1) is 11.3 Å². The summed E-state index contributed by atoms with van der Waals surface area (Å²) in [6, 6.07) is 2.67. The Morgan fingerprint density at radius 1 is 1.55 bits per heavy atom. The molecule has 112 valence electrons. The van der Waals surface area contributed by atoms with Crippen LogP contribution in [-0.2, 0) is 14.8 Å². The van der Waals surface area contributed by atoms with Crippen molar-refractivity contribution in [3.63, 3.8) is 0 Å². The van der Waals surface area contributed by atoms with Crippen LogP contribution in [0.5, 0.6) is 0 Å². The molecule has 2 rings (SSSR count). The molecule has 1 fully saturated rings. The Hall–Kier alpha value is -0.960. The molecule has 0 amide bonds. The van der Waals surface area contributed by atoms with Gasteiger partial charge in [-0.25, -0.2) is 13.2 Å². The molecule has 0 aromatic carbocycles. The van der Waals surface area contributed by atoms with Crippen molar-refractivity contribution in [1.82, 2.24) is 4.31 Å². The molecule has 1 aliphatic heterocycles. The number of nitrogens with zero attached hydrogens (tertiary/aromatic N) is 1. The fourth-order valence-corrected chi connectivity index (χ4v) is 4.89. The van der Waals surface area contributed by atoms with Crippen molar-refractivity contribution in [3.05, 3.63) is 17.0 Å². The number of aromatic carboxylic acids is 1. The van der Waals surface area contributed by atoms with Crippen LogP contribution in [0.4, 0.5) is 0 Å². The molecule has 1 N–H and O–H groups in total. The summed E-state index contributed by atoms with van der Waals surface area (Å²) in [5.74, 6) is -1.11. The third-order valence-electron chi connectivity index (χ3n) is 3.17. The molecule has 8 heteroatoms. The molecule has 1 saturated heterocycles. The lowest BCUT2D eigenvalue weighted by Crippen LogP contribution is -2.36. The zero-order valence-corrected chi connectivity index (χ0v) is 12.7. The summed E-state index contributed by atoms with van der Waals surface area (Å²) >= 11 is 0.780. The van der Waals surface area contributed by atoms with Gasteiger partial charge in [-0.3, -0.25) is 0 Å². The van der Waals surface area contributed by atoms with Gasteiger partial charge in [0.2, 0.25) is 0 Å². The molecule has 0 aliphatic carbocycles. The van der Waals surface area contributed by atoms with Gasteiger partial charge in [0, 0.05) is 19.7 Å². The van der Waals surface area contributed by atoms with Gasteiger partial charge in [-0.05, 0) is 25.0 Å². The Labute approximate surface area is 122 Å². The van der Waals surface area contributed by atoms with Gasteiger partial charge in [0.25, 0.3) is 10.0 Å². The van der Waals surface area contributed by atoms with E-state index in [9.17, 15) is 13.2 Å². The van der Waals surface area contributed by atoms with Crippen molar-refractivity contribution in [2.24, 2.45) is 0 Å². The minimum Gasteiger partial charge on any atom is -0.477 e. The van der Waals surface area contributed by atoms with Crippen molar-refractivity contribution in [3.8, 4) is 0 Å². The maximum absolute atomic E-state index is 12.5. The number of carbonyl (C=O) groups is 1. The van der Waals surface area contributed by atoms with Crippen LogP contribution < -0.4 is 0 Å². The van der Waals surface area contributed by atoms with Gasteiger partial charge in [0.05, 0.1) is 6.10 Å². The minimum atomic E-state index is -3.64. The Kier molecular flexibility index (Phi) is 4.79. The quantitative estimate of drug-likeness (QED) is 0.861. The van der Waals surface area contributed by atoms with E-state index in [1.54, 1.807) is 6.92 Å². The SMILES string of the molecule is CCN(CC1CCCO1)S(=O)(=O)c1ccc(C(=O)O)s1. The number of ether oxygens (including phenoxy) is 1. The minimum absolute atomic E-state index is 0.0248. The van der Waals surface area contributed by atoms with E-state index in [-0.39, 0.29) is 15.2 Å². The lowest BCUT2D eigenvalue weighted by Gasteiger charge is -2.22. The molecule has 0 bridgehead atoms. The number of carboxylic acid groups (broad SMARTS) is 1. The van der Waals surface area contributed by atoms with Gasteiger partial charge in [-0.2, -0.15) is 4.31 Å². The zero-order valence-electron chi connectivity index (χ0n) is 11.1. The first kappa shape index (κ1) is 15.4. The summed E-state index contributed by atoms with van der Waals surface area (Å²) < 4.78 is 31.8. The zero-order chi connectivity index (χ0) is 14.8. The highest BCUT2D eigenvalue weighted by atomic mass is 32.2. The molecule has 1 unspecified atom stereocenters. The van der Waals surface area contributed by atoms with Crippen molar-refractivity contribution < 1.29 is 23.1 Å². The summed E-state index contributed by atoms with van der Waals surface area (Å²) in [6.45, 7) is 3.09. The Bertz CT molecular complexity index is 574. The number of thiophene rings is 1. The van der Waals surface area contributed by atoms with E-state index in [0.29, 0.717) is 19.7 Å². The predicted molar refractivity (Wildman–Crippen MR) is 74.7 cm³/mol. The van der Waals surface area contributed by atoms with Crippen LogP contribution in [0.2, 0.25) is 0 Å². The lowest BCUT2D eigenvalue weighted by molar-refractivity contribution is 0.0702. The van der Waals surface area contributed by atoms with Gasteiger partial charge in [0.1, 0.15) is 9.09 Å². The fourth-order valence-electron chi connectivity index (χ4n) is 2.11. The molecule has 0 saturated carbocycles. The summed E-state index contributed by atoms with van der Waals surface area (Å²) in [7, 11) is -3.64. The predicted octanol–water partition coefficient (Wildman–Crippen LogP) is 1.64. The van der Waals surface area contributed by atoms with Gasteiger partial charge >= 0.3 is 5.97 Å². The van der Waals surface area contributed by atoms with Crippen molar-refractivity contribution in [1.29, 1.82) is 0 Å². The molecule has 6 nitrogen and oxygen atoms in total. The number of rotatable bonds is 6. The molecule has 1 atom stereocenters. The molecule has 2 heterocycles. The van der Waals surface area contributed by atoms with Gasteiger partial charge in [-0.1, -0.05) is 6.92 Å². The normalized spacial score (nSPS) is 19.6. The largest absolute Gasteiger partial charge is 0.477 e. The van der Waals surface area contributed by atoms with Gasteiger partial charge in [0.15, 0.2) is 0 Å². The number of hydrogen-bond acceptors (Lipinski definition) is 5. The molecule has 20 heavy (non-hydrogen) atoms. The fraction of sp³-hybridized carbons (Fsp3) is 0.583. The second-order valence-electron chi connectivity index (χ2n) is 4.51. The van der Waals surface area contributed by atoms with E-state index in [0.717, 1.165) is 24.2 Å². The lowest BCUT2D eigenvalue weighted by atomic mass is 10.2. The van der Waals surface area contributed by atoms with Crippen molar-refractivity contribution in [2.75, 3.05) is 19.7 Å². The number of likely N-dealkylation sites (N-methyl/N-ethyl adjacent to an activating group) is 1. The standard InChI is InChI=1S/C12H17NO5S2/c1-2-13(8-9-4-3-7-18-9)20(16,17)11-6-5-10(19-11)12(14)15/h5-6,9H,2-4,7-8H2,1H3,(H,14,15). The number of hydrogen-bond donors (Lipinski definition) is 1. The average molecular weight is 319 g/mol. The van der Waals surface area contributed by atoms with Crippen LogP contribution in [0, 0.1) is 0 Å². The first-order valence-corrected chi connectivity index (χ1v) is 8.65. The molecule has 1 aliphatic rings. The molecule has 1 aromatic rings. The van der Waals surface area contributed by atoms with Crippen LogP contribution in [0.25, 0.3) is 0 Å². The highest BCUT2D eigenvalue weighted by Crippen LogP contribution is 2.26. The second-order valence-corrected chi connectivity index (χ2v) is 7.76. The smallest absolute Gasteiger partial charge is 0.345 e. The summed E-state index contributed by atoms with van der Waals surface area (Å²) in [5, 5.41) is 8.87. The van der Waals surface area contributed by atoms with Crippen molar-refractivity contribution in [2.45, 2.75) is 30.1 Å². The maximum atomic E-state index is 12.5. The third-order valence-corrected chi connectivity index (χ3v) is 6.65. The first-order chi connectivity index (χ1) is 9.45. The van der Waals surface area contributed by atoms with E-state index in [2.05, 4.69) is 0 Å². The van der Waals surface area contributed by atoms with E-state index in [4.69, 9.17) is 9.84 Å². The summed E-state index contributed by atoms with van der Waals surface area (Å²) in [6.07, 6.45) is 1.74. The molecular formula is C12H17NO5S2. The number of carboxylic acids is 1. The van der Waals surface area contributed by atoms with E-state index < -0.39 is 16.0 Å². The average Bonchev–Trinajstić information content (AvgIpc) is 3.06. The van der Waals surface area contributed by atoms with Crippen LogP contribution in [0.15, 0.2) is 16.3 Å². The summed E-state index contributed by atoms with van der Waals surface area (Å²) in [4.78, 5) is 10.9. The second kappa shape index (κ2) is 6.21. The Morgan fingerprint density at radius 2 is 2.30 bits per heavy atom. The van der Waals surface area contributed by atoms with Crippen LogP contribution >= 0.6 is 11.3 Å². The topological polar surface area (TPSA) is 83.9 Å². The highest BCUT2D eigenvalue weighted by molar-refractivity contribution is 7.91. The van der Waals surface area contributed by atoms with Gasteiger partial charge < -0.3 is 9.84 Å². The van der Waals surface area contributed by atoms with E-state index in [1.165, 1.54) is 16.4 Å². The first-order valence-electron chi connectivity index (χ1n) is 6.40. The molecule has 1 aromatic heterocycles. The molecule has 0 spiro atoms. The number of sulfonamides is 1. The molecule has 0 radical (unpaired) electrons. The Balaban J connectivity index is 2.18. The highest BCUT2D eigenvalue weighted by Gasteiger charge is 2.29. The van der Waals surface area contributed by atoms with E-state index >= 15 is 0 Å². The Morgan fingerprint density at radius 3 is 2.80 bits per heavy atom. The van der Waals surface area contributed by atoms with Crippen LogP contribution in [0.3, 0.4) is 0 Å².